The Morgan fingerprint density at radius 3 is 1.93 bits per heavy atom. The summed E-state index contributed by atoms with van der Waals surface area (Å²) in [4.78, 5) is 144. The van der Waals surface area contributed by atoms with Crippen LogP contribution in [0.25, 0.3) is 0 Å². The zero-order chi connectivity index (χ0) is 69.3. The molecule has 1 aliphatic heterocycles. The second kappa shape index (κ2) is 37.8. The summed E-state index contributed by atoms with van der Waals surface area (Å²) in [6.07, 6.45) is -2.08. The highest BCUT2D eigenvalue weighted by atomic mass is 16.7. The van der Waals surface area contributed by atoms with Crippen LogP contribution in [0, 0.1) is 29.6 Å². The number of likely N-dealkylation sites (tertiary alicyclic amines) is 1. The normalized spacial score (nSPS) is 16.8. The number of aliphatic hydroxyl groups is 1. The Morgan fingerprint density at radius 1 is 0.750 bits per heavy atom. The van der Waals surface area contributed by atoms with Crippen molar-refractivity contribution in [3.8, 4) is 0 Å². The summed E-state index contributed by atoms with van der Waals surface area (Å²) in [5, 5.41) is 27.3. The molecule has 0 unspecified atom stereocenters. The van der Waals surface area contributed by atoms with E-state index in [0.717, 1.165) is 0 Å². The molecule has 12 atom stereocenters. The van der Waals surface area contributed by atoms with Crippen molar-refractivity contribution in [3.05, 3.63) is 65.7 Å². The third-order valence-electron chi connectivity index (χ3n) is 16.3. The summed E-state index contributed by atoms with van der Waals surface area (Å²) in [6.45, 7) is 22.5. The molecule has 92 heavy (non-hydrogen) atoms. The number of hydrogen-bond donors (Lipinski definition) is 9. The molecule has 0 spiro atoms. The lowest BCUT2D eigenvalue weighted by Crippen LogP contribution is -2.60. The predicted octanol–water partition coefficient (Wildman–Crippen LogP) is 5.05. The van der Waals surface area contributed by atoms with Crippen molar-refractivity contribution in [1.29, 1.82) is 0 Å². The Kier molecular flexibility index (Phi) is 32.3. The fraction of sp³-hybridized carbons (Fsp3) is 0.662. The van der Waals surface area contributed by atoms with Gasteiger partial charge in [0.15, 0.2) is 6.61 Å². The monoisotopic (exact) mass is 1300 g/mol. The van der Waals surface area contributed by atoms with Crippen LogP contribution in [0.2, 0.25) is 0 Å². The number of urea groups is 1. The van der Waals surface area contributed by atoms with Gasteiger partial charge in [0.1, 0.15) is 36.4 Å². The van der Waals surface area contributed by atoms with Crippen LogP contribution >= 0.6 is 0 Å². The number of anilines is 1. The lowest BCUT2D eigenvalue weighted by atomic mass is 9.89. The number of rotatable bonds is 35. The largest absolute Gasteiger partial charge is 0.445 e. The average molecular weight is 1300 g/mol. The molecule has 0 saturated carbocycles. The van der Waals surface area contributed by atoms with E-state index >= 15 is 0 Å². The SMILES string of the molecule is CC[C@H](C)[C@@H]([C@@H](CC(=O)N1CCC[C@H]1[C@H](OC)[C@@H](C)C(=O)N[C@H](C)[C@@H](O)c1ccccc1)OC)N(C)C(=O)[C@@H](NC(=O)[C@H](C(C)C)N(C)C(=O)OCc1ccc(NC(=O)[C@H](CCCNC(N)=O)NC(=O)[C@@H](NC(=O)CONC(=O)OC(C)(C)C)C(C)C)cc1)C(C)C. The molecule has 1 fully saturated rings. The number of aliphatic hydroxyl groups excluding tert-OH is 1. The summed E-state index contributed by atoms with van der Waals surface area (Å²) < 4.78 is 22.8. The maximum absolute atomic E-state index is 14.8. The molecule has 0 aliphatic carbocycles. The lowest BCUT2D eigenvalue weighted by molar-refractivity contribution is -0.148. The molecule has 11 amide bonds. The molecular formula is C65H105N11O16. The number of hydroxylamine groups is 1. The molecule has 10 N–H and O–H groups in total. The van der Waals surface area contributed by atoms with Crippen molar-refractivity contribution in [3.63, 3.8) is 0 Å². The van der Waals surface area contributed by atoms with Gasteiger partial charge in [-0.1, -0.05) is 111 Å². The van der Waals surface area contributed by atoms with E-state index in [1.54, 1.807) is 129 Å². The molecule has 1 aliphatic rings. The minimum Gasteiger partial charge on any atom is -0.445 e. The quantitative estimate of drug-likeness (QED) is 0.0322. The number of nitrogens with one attached hydrogen (secondary N) is 7. The van der Waals surface area contributed by atoms with Crippen molar-refractivity contribution >= 4 is 65.3 Å². The molecule has 0 bridgehead atoms. The third-order valence-corrected chi connectivity index (χ3v) is 16.3. The van der Waals surface area contributed by atoms with Crippen molar-refractivity contribution in [2.75, 3.05) is 53.3 Å². The Hall–Kier alpha value is -7.62. The first-order valence-corrected chi connectivity index (χ1v) is 31.7. The van der Waals surface area contributed by atoms with Gasteiger partial charge in [-0.25, -0.2) is 14.4 Å². The van der Waals surface area contributed by atoms with Crippen LogP contribution < -0.4 is 43.1 Å². The molecule has 2 aromatic carbocycles. The summed E-state index contributed by atoms with van der Waals surface area (Å²) >= 11 is 0. The number of likely N-dealkylation sites (N-methyl/N-ethyl adjacent to an activating group) is 2. The summed E-state index contributed by atoms with van der Waals surface area (Å²) in [7, 11) is 6.06. The van der Waals surface area contributed by atoms with E-state index in [1.165, 1.54) is 26.2 Å². The van der Waals surface area contributed by atoms with Gasteiger partial charge >= 0.3 is 18.2 Å². The van der Waals surface area contributed by atoms with Gasteiger partial charge in [0.25, 0.3) is 0 Å². The van der Waals surface area contributed by atoms with Gasteiger partial charge in [0.05, 0.1) is 48.8 Å². The third kappa shape index (κ3) is 24.4. The number of carbonyl (C=O) groups excluding carboxylic acids is 10. The molecule has 27 nitrogen and oxygen atoms in total. The van der Waals surface area contributed by atoms with Crippen LogP contribution in [0.1, 0.15) is 146 Å². The first kappa shape index (κ1) is 78.6. The van der Waals surface area contributed by atoms with Crippen LogP contribution in [-0.2, 0) is 64.0 Å². The smallest absolute Gasteiger partial charge is 0.431 e. The van der Waals surface area contributed by atoms with E-state index in [9.17, 15) is 53.1 Å². The van der Waals surface area contributed by atoms with E-state index in [2.05, 4.69) is 31.9 Å². The van der Waals surface area contributed by atoms with Gasteiger partial charge in [-0.3, -0.25) is 43.3 Å². The summed E-state index contributed by atoms with van der Waals surface area (Å²) in [5.74, 6) is -5.87. The van der Waals surface area contributed by atoms with E-state index in [-0.39, 0.29) is 50.1 Å². The zero-order valence-corrected chi connectivity index (χ0v) is 56.9. The highest BCUT2D eigenvalue weighted by Crippen LogP contribution is 2.31. The molecular weight excluding hydrogens is 1190 g/mol. The molecule has 27 heteroatoms. The minimum absolute atomic E-state index is 0.0478. The van der Waals surface area contributed by atoms with E-state index in [4.69, 9.17) is 29.5 Å². The molecule has 1 saturated heterocycles. The van der Waals surface area contributed by atoms with Crippen LogP contribution in [0.4, 0.5) is 20.1 Å². The first-order valence-electron chi connectivity index (χ1n) is 31.7. The van der Waals surface area contributed by atoms with Gasteiger partial charge < -0.3 is 71.5 Å². The number of amides is 11. The topological polar surface area (TPSA) is 357 Å². The van der Waals surface area contributed by atoms with Gasteiger partial charge in [0.2, 0.25) is 41.4 Å². The zero-order valence-electron chi connectivity index (χ0n) is 56.9. The second-order valence-corrected chi connectivity index (χ2v) is 25.7. The number of benzene rings is 2. The maximum Gasteiger partial charge on any atom is 0.431 e. The van der Waals surface area contributed by atoms with Gasteiger partial charge in [-0.05, 0) is 100 Å². The minimum atomic E-state index is -1.16. The number of hydrogen-bond acceptors (Lipinski definition) is 16. The Labute approximate surface area is 542 Å². The standard InChI is InChI=1S/C65H105N11O16/c1-18-40(8)54(48(88-16)34-50(78)76-33-23-27-47(76)56(89-17)41(9)57(80)68-42(10)55(79)44-24-20-19-21-25-44)74(14)61(84)52(38(4)5)72-60(83)53(39(6)7)75(15)64(87)90-35-43-28-30-45(31-29-43)69-58(81)46(26-22-32-67-62(66)85)70-59(82)51(37(2)3)71-49(77)36-91-73-63(86)92-65(11,12)13/h19-21,24-25,28-31,37-42,46-48,51-56,79H,18,22-23,26-27,32-36H2,1-17H3,(H,68,80)(H,69,81)(H,70,82)(H,71,77)(H,72,83)(H,73,86)(H3,66,67,85)/t40-,41+,42+,46-,47-,48+,51-,52-,53-,54-,55+,56+/m0/s1. The predicted molar refractivity (Wildman–Crippen MR) is 344 cm³/mol. The fourth-order valence-corrected chi connectivity index (χ4v) is 11.1. The average Bonchev–Trinajstić information content (AvgIpc) is 1.73. The summed E-state index contributed by atoms with van der Waals surface area (Å²) in [6, 6.07) is 8.45. The van der Waals surface area contributed by atoms with Crippen LogP contribution in [-0.4, -0.2) is 187 Å². The van der Waals surface area contributed by atoms with E-state index in [0.29, 0.717) is 42.6 Å². The molecule has 0 aromatic heterocycles. The molecule has 3 rings (SSSR count). The van der Waals surface area contributed by atoms with Gasteiger partial charge in [-0.2, -0.15) is 5.48 Å². The molecule has 1 heterocycles. The van der Waals surface area contributed by atoms with Crippen molar-refractivity contribution < 1.29 is 76.8 Å². The first-order chi connectivity index (χ1) is 43.2. The number of nitrogens with zero attached hydrogens (tertiary/aromatic N) is 3. The number of nitrogens with two attached hydrogens (primary N) is 1. The van der Waals surface area contributed by atoms with Crippen LogP contribution in [0.15, 0.2) is 54.6 Å². The number of primary amides is 1. The van der Waals surface area contributed by atoms with Crippen molar-refractivity contribution in [2.45, 2.75) is 201 Å². The molecule has 2 aromatic rings. The van der Waals surface area contributed by atoms with Crippen molar-refractivity contribution in [2.24, 2.45) is 35.3 Å². The molecule has 0 radical (unpaired) electrons. The number of carbonyl (C=O) groups is 10. The Balaban J connectivity index is 1.70. The van der Waals surface area contributed by atoms with Crippen LogP contribution in [0.3, 0.4) is 0 Å². The highest BCUT2D eigenvalue weighted by molar-refractivity contribution is 5.98. The van der Waals surface area contributed by atoms with Crippen molar-refractivity contribution in [1.82, 2.24) is 46.8 Å². The Morgan fingerprint density at radius 2 is 1.38 bits per heavy atom. The van der Waals surface area contributed by atoms with E-state index in [1.807, 2.05) is 37.5 Å². The number of ether oxygens (including phenoxy) is 4. The number of methoxy groups -OCH3 is 2. The molecule has 516 valence electrons. The van der Waals surface area contributed by atoms with Crippen LogP contribution in [0.5, 0.6) is 0 Å². The van der Waals surface area contributed by atoms with Gasteiger partial charge in [-0.15, -0.1) is 0 Å². The van der Waals surface area contributed by atoms with Gasteiger partial charge in [0, 0.05) is 47.1 Å². The fourth-order valence-electron chi connectivity index (χ4n) is 11.1. The lowest BCUT2D eigenvalue weighted by Gasteiger charge is -2.41. The summed E-state index contributed by atoms with van der Waals surface area (Å²) in [5.41, 5.74) is 7.90. The second-order valence-electron chi connectivity index (χ2n) is 25.7. The Bertz CT molecular complexity index is 2730. The highest BCUT2D eigenvalue weighted by Gasteiger charge is 2.44. The van der Waals surface area contributed by atoms with E-state index < -0.39 is 144 Å². The maximum atomic E-state index is 14.8.